The predicted molar refractivity (Wildman–Crippen MR) is 122 cm³/mol. The molecule has 0 bridgehead atoms. The SMILES string of the molecule is COc1cccc(Cl)c1-c1noc(-c2cnn(-c3ccccc3Cl)c2C(F)(F)F)c1-c1cnco1. The Morgan fingerprint density at radius 1 is 0.971 bits per heavy atom. The van der Waals surface area contributed by atoms with Crippen LogP contribution in [0.2, 0.25) is 10.0 Å². The van der Waals surface area contributed by atoms with Gasteiger partial charge in [-0.15, -0.1) is 0 Å². The average Bonchev–Trinajstić information content (AvgIpc) is 3.57. The minimum Gasteiger partial charge on any atom is -0.496 e. The molecule has 0 saturated carbocycles. The van der Waals surface area contributed by atoms with Gasteiger partial charge in [0.05, 0.1) is 51.9 Å². The first-order valence-corrected chi connectivity index (χ1v) is 10.7. The lowest BCUT2D eigenvalue weighted by molar-refractivity contribution is -0.142. The summed E-state index contributed by atoms with van der Waals surface area (Å²) in [4.78, 5) is 3.89. The summed E-state index contributed by atoms with van der Waals surface area (Å²) in [7, 11) is 1.43. The van der Waals surface area contributed by atoms with Gasteiger partial charge in [-0.25, -0.2) is 9.67 Å². The number of methoxy groups -OCH3 is 1. The van der Waals surface area contributed by atoms with E-state index in [0.717, 1.165) is 12.6 Å². The van der Waals surface area contributed by atoms with Gasteiger partial charge in [-0.05, 0) is 24.3 Å². The van der Waals surface area contributed by atoms with Crippen LogP contribution in [0.1, 0.15) is 5.69 Å². The topological polar surface area (TPSA) is 79.1 Å². The average molecular weight is 521 g/mol. The molecule has 5 rings (SSSR count). The Morgan fingerprint density at radius 2 is 1.74 bits per heavy atom. The quantitative estimate of drug-likeness (QED) is 0.244. The number of nitrogens with zero attached hydrogens (tertiary/aromatic N) is 4. The number of rotatable bonds is 5. The molecule has 0 fully saturated rings. The Morgan fingerprint density at radius 3 is 2.43 bits per heavy atom. The molecule has 7 nitrogen and oxygen atoms in total. The zero-order chi connectivity index (χ0) is 24.7. The number of oxazole rings is 1. The lowest BCUT2D eigenvalue weighted by atomic mass is 10.00. The summed E-state index contributed by atoms with van der Waals surface area (Å²) in [6, 6.07) is 10.9. The summed E-state index contributed by atoms with van der Waals surface area (Å²) >= 11 is 12.6. The molecule has 5 aromatic rings. The number of ether oxygens (including phenoxy) is 1. The van der Waals surface area contributed by atoms with Crippen LogP contribution in [0.25, 0.3) is 39.6 Å². The smallest absolute Gasteiger partial charge is 0.434 e. The van der Waals surface area contributed by atoms with Crippen LogP contribution in [-0.2, 0) is 6.18 Å². The normalized spacial score (nSPS) is 11.7. The molecule has 3 aromatic heterocycles. The lowest BCUT2D eigenvalue weighted by Crippen LogP contribution is -2.14. The second-order valence-corrected chi connectivity index (χ2v) is 8.00. The van der Waals surface area contributed by atoms with E-state index in [1.165, 1.54) is 25.4 Å². The van der Waals surface area contributed by atoms with E-state index in [9.17, 15) is 13.2 Å². The zero-order valence-electron chi connectivity index (χ0n) is 17.7. The third kappa shape index (κ3) is 3.94. The van der Waals surface area contributed by atoms with E-state index in [-0.39, 0.29) is 44.1 Å². The monoisotopic (exact) mass is 520 g/mol. The fourth-order valence-electron chi connectivity index (χ4n) is 3.71. The molecule has 0 spiro atoms. The molecule has 3 heterocycles. The summed E-state index contributed by atoms with van der Waals surface area (Å²) in [5, 5.41) is 8.36. The molecule has 35 heavy (non-hydrogen) atoms. The second kappa shape index (κ2) is 8.79. The van der Waals surface area contributed by atoms with Crippen molar-refractivity contribution in [1.82, 2.24) is 19.9 Å². The van der Waals surface area contributed by atoms with Crippen LogP contribution in [0.4, 0.5) is 13.2 Å². The van der Waals surface area contributed by atoms with Crippen molar-refractivity contribution in [2.24, 2.45) is 0 Å². The van der Waals surface area contributed by atoms with Crippen molar-refractivity contribution in [3.8, 4) is 45.3 Å². The van der Waals surface area contributed by atoms with Crippen molar-refractivity contribution in [2.45, 2.75) is 6.18 Å². The van der Waals surface area contributed by atoms with E-state index in [0.29, 0.717) is 16.0 Å². The second-order valence-electron chi connectivity index (χ2n) is 7.19. The predicted octanol–water partition coefficient (Wildman–Crippen LogP) is 7.18. The number of hydrogen-bond acceptors (Lipinski definition) is 6. The minimum absolute atomic E-state index is 0.0430. The molecule has 0 aliphatic carbocycles. The van der Waals surface area contributed by atoms with Crippen LogP contribution in [-0.4, -0.2) is 27.0 Å². The molecule has 12 heteroatoms. The highest BCUT2D eigenvalue weighted by Gasteiger charge is 2.42. The van der Waals surface area contributed by atoms with Gasteiger partial charge in [0.25, 0.3) is 0 Å². The lowest BCUT2D eigenvalue weighted by Gasteiger charge is -2.13. The summed E-state index contributed by atoms with van der Waals surface area (Å²) in [5.74, 6) is 0.196. The fraction of sp³-hybridized carbons (Fsp3) is 0.0870. The van der Waals surface area contributed by atoms with Gasteiger partial charge in [-0.2, -0.15) is 18.3 Å². The molecular formula is C23H13Cl2F3N4O3. The third-order valence-corrected chi connectivity index (χ3v) is 5.80. The van der Waals surface area contributed by atoms with E-state index in [1.807, 2.05) is 0 Å². The summed E-state index contributed by atoms with van der Waals surface area (Å²) < 4.78 is 60.2. The highest BCUT2D eigenvalue weighted by molar-refractivity contribution is 6.34. The van der Waals surface area contributed by atoms with Crippen LogP contribution in [0.5, 0.6) is 5.75 Å². The van der Waals surface area contributed by atoms with Gasteiger partial charge in [-0.1, -0.05) is 46.6 Å². The standard InChI is InChI=1S/C23H13Cl2F3N4O3/c1-33-16-8-4-6-14(25)18(16)20-19(17-10-29-11-34-17)21(35-31-20)12-9-30-32(22(12)23(26,27)28)15-7-3-2-5-13(15)24/h2-11H,1H3. The maximum absolute atomic E-state index is 14.4. The fourth-order valence-corrected chi connectivity index (χ4v) is 4.18. The summed E-state index contributed by atoms with van der Waals surface area (Å²) in [5.41, 5.74) is -0.934. The molecule has 0 saturated heterocycles. The molecule has 0 aliphatic heterocycles. The number of halogens is 5. The molecule has 178 valence electrons. The van der Waals surface area contributed by atoms with Gasteiger partial charge in [0.2, 0.25) is 0 Å². The van der Waals surface area contributed by atoms with Gasteiger partial charge in [0.1, 0.15) is 11.4 Å². The number of hydrogen-bond donors (Lipinski definition) is 0. The van der Waals surface area contributed by atoms with E-state index >= 15 is 0 Å². The highest BCUT2D eigenvalue weighted by Crippen LogP contribution is 2.48. The van der Waals surface area contributed by atoms with Crippen molar-refractivity contribution in [1.29, 1.82) is 0 Å². The van der Waals surface area contributed by atoms with Gasteiger partial charge in [0.15, 0.2) is 23.6 Å². The van der Waals surface area contributed by atoms with E-state index in [4.69, 9.17) is 36.9 Å². The molecule has 0 radical (unpaired) electrons. The zero-order valence-corrected chi connectivity index (χ0v) is 19.2. The molecule has 2 aromatic carbocycles. The van der Waals surface area contributed by atoms with Crippen LogP contribution < -0.4 is 4.74 Å². The maximum Gasteiger partial charge on any atom is 0.434 e. The first kappa shape index (κ1) is 23.0. The van der Waals surface area contributed by atoms with Crippen molar-refractivity contribution in [3.63, 3.8) is 0 Å². The van der Waals surface area contributed by atoms with Gasteiger partial charge in [-0.3, -0.25) is 0 Å². The van der Waals surface area contributed by atoms with Crippen LogP contribution in [0, 0.1) is 0 Å². The van der Waals surface area contributed by atoms with Crippen molar-refractivity contribution in [2.75, 3.05) is 7.11 Å². The number of benzene rings is 2. The Hall–Kier alpha value is -3.76. The maximum atomic E-state index is 14.4. The van der Waals surface area contributed by atoms with Crippen molar-refractivity contribution < 1.29 is 26.8 Å². The van der Waals surface area contributed by atoms with Crippen molar-refractivity contribution in [3.05, 3.63) is 77.0 Å². The van der Waals surface area contributed by atoms with Gasteiger partial charge in [0, 0.05) is 0 Å². The van der Waals surface area contributed by atoms with Crippen LogP contribution >= 0.6 is 23.2 Å². The van der Waals surface area contributed by atoms with E-state index in [2.05, 4.69) is 15.2 Å². The molecular weight excluding hydrogens is 508 g/mol. The molecule has 0 N–H and O–H groups in total. The Kier molecular flexibility index (Phi) is 5.78. The Balaban J connectivity index is 1.82. The van der Waals surface area contributed by atoms with E-state index < -0.39 is 11.9 Å². The van der Waals surface area contributed by atoms with Crippen LogP contribution in [0.3, 0.4) is 0 Å². The molecule has 0 amide bonds. The number of alkyl halides is 3. The molecule has 0 aliphatic rings. The Labute approximate surface area is 205 Å². The van der Waals surface area contributed by atoms with E-state index in [1.54, 1.807) is 30.3 Å². The van der Waals surface area contributed by atoms with Gasteiger partial charge >= 0.3 is 6.18 Å². The largest absolute Gasteiger partial charge is 0.496 e. The summed E-state index contributed by atoms with van der Waals surface area (Å²) in [6.45, 7) is 0. The third-order valence-electron chi connectivity index (χ3n) is 5.17. The number of aromatic nitrogens is 4. The first-order valence-electron chi connectivity index (χ1n) is 9.93. The van der Waals surface area contributed by atoms with Crippen molar-refractivity contribution >= 4 is 23.2 Å². The highest BCUT2D eigenvalue weighted by atomic mass is 35.5. The Bertz CT molecular complexity index is 1510. The van der Waals surface area contributed by atoms with Gasteiger partial charge < -0.3 is 13.7 Å². The molecule has 0 atom stereocenters. The minimum atomic E-state index is -4.83. The van der Waals surface area contributed by atoms with Crippen LogP contribution in [0.15, 0.2) is 70.2 Å². The number of para-hydroxylation sites is 1. The first-order chi connectivity index (χ1) is 16.8. The molecule has 0 unspecified atom stereocenters. The summed E-state index contributed by atoms with van der Waals surface area (Å²) in [6.07, 6.45) is -1.34.